The molecule has 1 heterocycles. The maximum absolute atomic E-state index is 5.47. The van der Waals surface area contributed by atoms with Crippen molar-refractivity contribution >= 4 is 0 Å². The number of rotatable bonds is 3. The van der Waals surface area contributed by atoms with Gasteiger partial charge in [0.05, 0.1) is 7.11 Å². The van der Waals surface area contributed by atoms with Crippen LogP contribution in [0.5, 0.6) is 5.75 Å². The van der Waals surface area contributed by atoms with Gasteiger partial charge in [-0.05, 0) is 72.7 Å². The van der Waals surface area contributed by atoms with Gasteiger partial charge in [-0.1, -0.05) is 19.9 Å². The second-order valence-corrected chi connectivity index (χ2v) is 7.69. The quantitative estimate of drug-likeness (QED) is 0.841. The number of hydrogen-bond donors (Lipinski definition) is 0. The summed E-state index contributed by atoms with van der Waals surface area (Å²) < 4.78 is 5.47. The Hall–Kier alpha value is -1.02. The predicted molar refractivity (Wildman–Crippen MR) is 85.9 cm³/mol. The van der Waals surface area contributed by atoms with E-state index in [4.69, 9.17) is 4.74 Å². The summed E-state index contributed by atoms with van der Waals surface area (Å²) in [5.74, 6) is 2.75. The highest BCUT2D eigenvalue weighted by atomic mass is 16.5. The third-order valence-corrected chi connectivity index (χ3v) is 6.52. The summed E-state index contributed by atoms with van der Waals surface area (Å²) in [6.07, 6.45) is 5.44. The Morgan fingerprint density at radius 1 is 1.33 bits per heavy atom. The van der Waals surface area contributed by atoms with E-state index in [1.165, 1.54) is 38.8 Å². The van der Waals surface area contributed by atoms with E-state index in [-0.39, 0.29) is 0 Å². The van der Waals surface area contributed by atoms with E-state index < -0.39 is 0 Å². The zero-order chi connectivity index (χ0) is 14.6. The van der Waals surface area contributed by atoms with Crippen molar-refractivity contribution in [2.24, 2.45) is 11.8 Å². The first-order valence-corrected chi connectivity index (χ1v) is 8.53. The lowest BCUT2D eigenvalue weighted by Gasteiger charge is -2.54. The Labute approximate surface area is 128 Å². The van der Waals surface area contributed by atoms with E-state index in [0.29, 0.717) is 5.41 Å². The normalized spacial score (nSPS) is 35.4. The van der Waals surface area contributed by atoms with Gasteiger partial charge in [-0.3, -0.25) is 4.90 Å². The molecular weight excluding hydrogens is 258 g/mol. The summed E-state index contributed by atoms with van der Waals surface area (Å²) >= 11 is 0. The van der Waals surface area contributed by atoms with Crippen molar-refractivity contribution in [1.82, 2.24) is 4.90 Å². The van der Waals surface area contributed by atoms with Gasteiger partial charge >= 0.3 is 0 Å². The van der Waals surface area contributed by atoms with Crippen LogP contribution in [-0.4, -0.2) is 31.1 Å². The van der Waals surface area contributed by atoms with E-state index in [1.807, 2.05) is 0 Å². The lowest BCUT2D eigenvalue weighted by molar-refractivity contribution is 0.0283. The summed E-state index contributed by atoms with van der Waals surface area (Å²) in [6.45, 7) is 7.58. The van der Waals surface area contributed by atoms with Crippen molar-refractivity contribution < 1.29 is 4.74 Å². The highest BCUT2D eigenvalue weighted by molar-refractivity contribution is 5.44. The van der Waals surface area contributed by atoms with Crippen LogP contribution in [0.4, 0.5) is 0 Å². The highest BCUT2D eigenvalue weighted by Crippen LogP contribution is 2.50. The Morgan fingerprint density at radius 3 is 2.86 bits per heavy atom. The van der Waals surface area contributed by atoms with E-state index in [1.54, 1.807) is 18.2 Å². The minimum atomic E-state index is 0.326. The lowest BCUT2D eigenvalue weighted by Crippen LogP contribution is -2.58. The molecule has 4 rings (SSSR count). The summed E-state index contributed by atoms with van der Waals surface area (Å²) in [5.41, 5.74) is 3.44. The molecule has 2 nitrogen and oxygen atoms in total. The first kappa shape index (κ1) is 13.6. The van der Waals surface area contributed by atoms with Crippen LogP contribution in [0.25, 0.3) is 0 Å². The molecular formula is C19H27NO. The molecule has 1 aromatic carbocycles. The lowest BCUT2D eigenvalue weighted by atomic mass is 9.59. The molecule has 0 radical (unpaired) electrons. The maximum atomic E-state index is 5.47. The van der Waals surface area contributed by atoms with Crippen LogP contribution in [0.15, 0.2) is 18.2 Å². The van der Waals surface area contributed by atoms with Crippen molar-refractivity contribution in [3.05, 3.63) is 29.3 Å². The van der Waals surface area contributed by atoms with Gasteiger partial charge in [0, 0.05) is 12.6 Å². The molecule has 3 aliphatic rings. The Morgan fingerprint density at radius 2 is 2.14 bits per heavy atom. The molecule has 1 saturated heterocycles. The smallest absolute Gasteiger partial charge is 0.119 e. The molecule has 2 bridgehead atoms. The van der Waals surface area contributed by atoms with Gasteiger partial charge in [-0.15, -0.1) is 0 Å². The molecule has 2 aliphatic carbocycles. The fraction of sp³-hybridized carbons (Fsp3) is 0.684. The van der Waals surface area contributed by atoms with Crippen LogP contribution in [0.3, 0.4) is 0 Å². The van der Waals surface area contributed by atoms with Crippen LogP contribution in [-0.2, 0) is 11.8 Å². The van der Waals surface area contributed by atoms with Crippen LogP contribution in [0.2, 0.25) is 0 Å². The largest absolute Gasteiger partial charge is 0.497 e. The van der Waals surface area contributed by atoms with Crippen molar-refractivity contribution in [1.29, 1.82) is 0 Å². The standard InChI is InChI=1S/C19H27NO/c1-13-18-10-15-6-7-16(21-3)11-17(15)19(13,2)8-9-20(18)12-14-4-5-14/h6-7,11,13-14,18H,4-5,8-10,12H2,1-3H3/t13-,18?,19-/m0/s1. The first-order chi connectivity index (χ1) is 10.1. The van der Waals surface area contributed by atoms with E-state index >= 15 is 0 Å². The molecule has 2 fully saturated rings. The number of methoxy groups -OCH3 is 1. The molecule has 1 aromatic rings. The fourth-order valence-electron chi connectivity index (χ4n) is 4.67. The summed E-state index contributed by atoms with van der Waals surface area (Å²) in [7, 11) is 1.78. The van der Waals surface area contributed by atoms with Gasteiger partial charge in [-0.2, -0.15) is 0 Å². The number of fused-ring (bicyclic) bond motifs is 4. The predicted octanol–water partition coefficient (Wildman–Crippen LogP) is 3.63. The molecule has 1 aliphatic heterocycles. The molecule has 1 unspecified atom stereocenters. The van der Waals surface area contributed by atoms with Crippen molar-refractivity contribution in [2.75, 3.05) is 20.2 Å². The van der Waals surface area contributed by atoms with Crippen molar-refractivity contribution in [2.45, 2.75) is 51.0 Å². The van der Waals surface area contributed by atoms with Crippen LogP contribution >= 0.6 is 0 Å². The van der Waals surface area contributed by atoms with Gasteiger partial charge in [0.15, 0.2) is 0 Å². The highest BCUT2D eigenvalue weighted by Gasteiger charge is 2.49. The molecule has 2 heteroatoms. The minimum absolute atomic E-state index is 0.326. The van der Waals surface area contributed by atoms with Crippen molar-refractivity contribution in [3.63, 3.8) is 0 Å². The van der Waals surface area contributed by atoms with Crippen LogP contribution < -0.4 is 4.74 Å². The number of ether oxygens (including phenoxy) is 1. The topological polar surface area (TPSA) is 12.5 Å². The molecule has 0 amide bonds. The fourth-order valence-corrected chi connectivity index (χ4v) is 4.67. The molecule has 0 aromatic heterocycles. The van der Waals surface area contributed by atoms with Gasteiger partial charge in [0.2, 0.25) is 0 Å². The maximum Gasteiger partial charge on any atom is 0.119 e. The summed E-state index contributed by atoms with van der Waals surface area (Å²) in [4.78, 5) is 2.80. The molecule has 3 atom stereocenters. The van der Waals surface area contributed by atoms with Gasteiger partial charge in [0.1, 0.15) is 5.75 Å². The number of likely N-dealkylation sites (tertiary alicyclic amines) is 1. The molecule has 114 valence electrons. The first-order valence-electron chi connectivity index (χ1n) is 8.53. The molecule has 0 N–H and O–H groups in total. The van der Waals surface area contributed by atoms with Crippen LogP contribution in [0, 0.1) is 11.8 Å². The van der Waals surface area contributed by atoms with E-state index in [0.717, 1.165) is 23.6 Å². The second kappa shape index (κ2) is 4.74. The second-order valence-electron chi connectivity index (χ2n) is 7.69. The Balaban J connectivity index is 1.70. The zero-order valence-corrected chi connectivity index (χ0v) is 13.6. The van der Waals surface area contributed by atoms with E-state index in [2.05, 4.69) is 36.9 Å². The molecule has 0 spiro atoms. The number of piperidine rings is 1. The summed E-state index contributed by atoms with van der Waals surface area (Å²) in [5, 5.41) is 0. The third-order valence-electron chi connectivity index (χ3n) is 6.52. The summed E-state index contributed by atoms with van der Waals surface area (Å²) in [6, 6.07) is 7.49. The number of benzene rings is 1. The third kappa shape index (κ3) is 2.11. The van der Waals surface area contributed by atoms with E-state index in [9.17, 15) is 0 Å². The molecule has 21 heavy (non-hydrogen) atoms. The number of nitrogens with zero attached hydrogens (tertiary/aromatic N) is 1. The zero-order valence-electron chi connectivity index (χ0n) is 13.6. The average molecular weight is 285 g/mol. The Kier molecular flexibility index (Phi) is 3.08. The Bertz CT molecular complexity index is 550. The van der Waals surface area contributed by atoms with Crippen molar-refractivity contribution in [3.8, 4) is 5.75 Å². The SMILES string of the molecule is COc1ccc2c(c1)[C@@]1(C)CCN(CC3CC3)C(C2)[C@@H]1C. The minimum Gasteiger partial charge on any atom is -0.497 e. The van der Waals surface area contributed by atoms with Gasteiger partial charge < -0.3 is 4.74 Å². The molecule has 1 saturated carbocycles. The monoisotopic (exact) mass is 285 g/mol. The van der Waals surface area contributed by atoms with Crippen LogP contribution in [0.1, 0.15) is 44.2 Å². The van der Waals surface area contributed by atoms with Gasteiger partial charge in [0.25, 0.3) is 0 Å². The average Bonchev–Trinajstić information content (AvgIpc) is 3.30. The van der Waals surface area contributed by atoms with Gasteiger partial charge in [-0.25, -0.2) is 0 Å². The number of hydrogen-bond acceptors (Lipinski definition) is 2.